The molecule has 0 aromatic rings. The molecule has 1 atom stereocenters. The highest BCUT2D eigenvalue weighted by Gasteiger charge is 2.07. The number of nitrogens with two attached hydrogens (primary N) is 4. The fraction of sp³-hybridized carbons (Fsp3) is 0.385. The van der Waals surface area contributed by atoms with Gasteiger partial charge in [-0.1, -0.05) is 0 Å². The van der Waals surface area contributed by atoms with Crippen molar-refractivity contribution >= 4 is 93.7 Å². The Kier molecular flexibility index (Phi) is 17.6. The number of hydrogen-bond acceptors (Lipinski definition) is 12. The van der Waals surface area contributed by atoms with Gasteiger partial charge in [0, 0.05) is 25.7 Å². The minimum absolute atomic E-state index is 0.00675. The van der Waals surface area contributed by atoms with E-state index in [4.69, 9.17) is 69.0 Å². The van der Waals surface area contributed by atoms with Crippen LogP contribution in [0.4, 0.5) is 0 Å². The lowest BCUT2D eigenvalue weighted by Crippen LogP contribution is -2.43. The van der Waals surface area contributed by atoms with Crippen LogP contribution in [0.5, 0.6) is 0 Å². The maximum absolute atomic E-state index is 6.85. The first kappa shape index (κ1) is 31.8. The summed E-state index contributed by atoms with van der Waals surface area (Å²) >= 11 is 18.8. The van der Waals surface area contributed by atoms with Crippen LogP contribution < -0.4 is 44.2 Å². The van der Waals surface area contributed by atoms with E-state index in [0.717, 1.165) is 0 Å². The van der Waals surface area contributed by atoms with Gasteiger partial charge < -0.3 is 63.1 Å². The number of amidine groups is 4. The zero-order chi connectivity index (χ0) is 26.0. The average molecular weight is 543 g/mol. The zero-order valence-corrected chi connectivity index (χ0v) is 20.5. The van der Waals surface area contributed by atoms with Crippen molar-refractivity contribution in [2.45, 2.75) is 13.0 Å². The molecule has 16 nitrogen and oxygen atoms in total. The lowest BCUT2D eigenvalue weighted by molar-refractivity contribution is 0.474. The van der Waals surface area contributed by atoms with E-state index < -0.39 is 24.1 Å². The van der Waals surface area contributed by atoms with E-state index in [1.165, 1.54) is 0 Å². The third-order valence-electron chi connectivity index (χ3n) is 2.39. The van der Waals surface area contributed by atoms with Gasteiger partial charge in [-0.15, -0.1) is 0 Å². The Bertz CT molecular complexity index is 736. The molecule has 20 heteroatoms. The van der Waals surface area contributed by atoms with E-state index in [1.54, 1.807) is 6.92 Å². The van der Waals surface area contributed by atoms with E-state index in [0.29, 0.717) is 19.6 Å². The third kappa shape index (κ3) is 24.8. The summed E-state index contributed by atoms with van der Waals surface area (Å²) in [5.41, 5.74) is 19.8. The molecule has 0 amide bonds. The van der Waals surface area contributed by atoms with Gasteiger partial charge in [0.15, 0.2) is 0 Å². The van der Waals surface area contributed by atoms with Crippen molar-refractivity contribution in [3.63, 3.8) is 0 Å². The maximum atomic E-state index is 6.85. The van der Waals surface area contributed by atoms with Crippen molar-refractivity contribution in [2.75, 3.05) is 19.6 Å². The predicted octanol–water partition coefficient (Wildman–Crippen LogP) is -2.50. The van der Waals surface area contributed by atoms with Gasteiger partial charge in [-0.05, 0) is 55.8 Å². The molecule has 0 fully saturated rings. The molecule has 186 valence electrons. The largest absolute Gasteiger partial charge is 0.399 e. The van der Waals surface area contributed by atoms with Crippen LogP contribution in [0.25, 0.3) is 0 Å². The first-order valence-electron chi connectivity index (χ1n) is 8.44. The minimum atomic E-state index is -0.488. The van der Waals surface area contributed by atoms with Crippen LogP contribution in [0.2, 0.25) is 0 Å². The Labute approximate surface area is 210 Å². The molecule has 0 aromatic heterocycles. The molecule has 0 rings (SSSR count). The first-order valence-corrected chi connectivity index (χ1v) is 10.1. The van der Waals surface area contributed by atoms with Crippen molar-refractivity contribution in [2.24, 2.45) is 22.9 Å². The third-order valence-corrected chi connectivity index (χ3v) is 3.28. The quantitative estimate of drug-likeness (QED) is 0.0714. The molecule has 16 N–H and O–H groups in total. The van der Waals surface area contributed by atoms with Crippen molar-refractivity contribution in [1.29, 1.82) is 21.6 Å². The van der Waals surface area contributed by atoms with Gasteiger partial charge in [-0.25, -0.2) is 0 Å². The molecule has 33 heavy (non-hydrogen) atoms. The average Bonchev–Trinajstić information content (AvgIpc) is 2.61. The fourth-order valence-electron chi connectivity index (χ4n) is 1.35. The standard InChI is InChI=1S/C7H14N6O2S2.C6H12N6O2S2/c1-3(13-7(17)15-5(10)11)2-12-6(16)14-4(8)9;7-3(8)13-5(15)11-1-2-12-6(16)14-4(9)10/h3H,2H2,1H3,(H3,8,9)(H3,10,11)(H,12,16)(H,13,17);1-2H2,(H3,7,8)(H3,9,10)(H,11,15)(H,12,16). The number of hydrogen-bond donors (Lipinski definition) is 12. The van der Waals surface area contributed by atoms with E-state index >= 15 is 0 Å². The van der Waals surface area contributed by atoms with E-state index in [-0.39, 0.29) is 26.7 Å². The van der Waals surface area contributed by atoms with E-state index in [2.05, 4.69) is 64.7 Å². The molecule has 0 radical (unpaired) electrons. The van der Waals surface area contributed by atoms with Crippen molar-refractivity contribution in [3.8, 4) is 0 Å². The lowest BCUT2D eigenvalue weighted by atomic mass is 10.3. The van der Waals surface area contributed by atoms with Crippen LogP contribution in [0.1, 0.15) is 6.92 Å². The summed E-state index contributed by atoms with van der Waals surface area (Å²) in [6, 6.07) is -2.09. The van der Waals surface area contributed by atoms with Gasteiger partial charge in [0.2, 0.25) is 0 Å². The second-order valence-electron chi connectivity index (χ2n) is 5.29. The Balaban J connectivity index is 0. The molecular weight excluding hydrogens is 516 g/mol. The molecule has 0 aromatic carbocycles. The van der Waals surface area contributed by atoms with Gasteiger partial charge in [-0.3, -0.25) is 21.6 Å². The van der Waals surface area contributed by atoms with Crippen LogP contribution >= 0.6 is 48.9 Å². The maximum Gasteiger partial charge on any atom is 0.286 e. The van der Waals surface area contributed by atoms with Crippen LogP contribution in [-0.2, 0) is 18.9 Å². The molecule has 0 bridgehead atoms. The second kappa shape index (κ2) is 18.2. The SMILES string of the molecule is CC(CNC(=S)OC(=N)N)NC(=S)OC(=N)N.N=C(N)OC(=S)NCCNC(=S)OC(=N)N. The minimum Gasteiger partial charge on any atom is -0.399 e. The predicted molar refractivity (Wildman–Crippen MR) is 139 cm³/mol. The molecule has 1 unspecified atom stereocenters. The smallest absolute Gasteiger partial charge is 0.286 e. The number of ether oxygens (including phenoxy) is 4. The van der Waals surface area contributed by atoms with Crippen LogP contribution in [0, 0.1) is 21.6 Å². The topological polar surface area (TPSA) is 285 Å². The van der Waals surface area contributed by atoms with Crippen LogP contribution in [0.3, 0.4) is 0 Å². The molecule has 0 saturated heterocycles. The fourth-order valence-corrected chi connectivity index (χ4v) is 2.20. The Morgan fingerprint density at radius 3 is 1.27 bits per heavy atom. The number of nitrogens with one attached hydrogen (secondary N) is 8. The van der Waals surface area contributed by atoms with Crippen molar-refractivity contribution in [1.82, 2.24) is 21.3 Å². The molecule has 0 heterocycles. The highest BCUT2D eigenvalue weighted by atomic mass is 32.1. The van der Waals surface area contributed by atoms with Crippen LogP contribution in [0.15, 0.2) is 0 Å². The van der Waals surface area contributed by atoms with Gasteiger partial charge in [0.25, 0.3) is 44.8 Å². The highest BCUT2D eigenvalue weighted by Crippen LogP contribution is 1.85. The Hall–Kier alpha value is -3.36. The molecule has 0 aliphatic carbocycles. The van der Waals surface area contributed by atoms with Gasteiger partial charge >= 0.3 is 0 Å². The summed E-state index contributed by atoms with van der Waals surface area (Å²) in [4.78, 5) is 0. The van der Waals surface area contributed by atoms with Gasteiger partial charge in [0.05, 0.1) is 0 Å². The molecule has 0 saturated carbocycles. The summed E-state index contributed by atoms with van der Waals surface area (Å²) in [5.74, 6) is 0. The number of thiocarbonyl (C=S) groups is 4. The highest BCUT2D eigenvalue weighted by molar-refractivity contribution is 7.80. The van der Waals surface area contributed by atoms with Gasteiger partial charge in [0.1, 0.15) is 0 Å². The molecular formula is C13H26N12O4S4. The Morgan fingerprint density at radius 1 is 0.636 bits per heavy atom. The monoisotopic (exact) mass is 542 g/mol. The summed E-state index contributed by atoms with van der Waals surface area (Å²) in [7, 11) is 0. The lowest BCUT2D eigenvalue weighted by Gasteiger charge is -2.16. The number of rotatable bonds is 6. The molecule has 0 spiro atoms. The normalized spacial score (nSPS) is 9.85. The van der Waals surface area contributed by atoms with Gasteiger partial charge in [-0.2, -0.15) is 0 Å². The summed E-state index contributed by atoms with van der Waals surface area (Å²) in [6.07, 6.45) is 0. The van der Waals surface area contributed by atoms with Crippen molar-refractivity contribution < 1.29 is 18.9 Å². The zero-order valence-electron chi connectivity index (χ0n) is 17.3. The summed E-state index contributed by atoms with van der Waals surface area (Å²) in [6.45, 7) is 2.92. The molecule has 0 aliphatic heterocycles. The van der Waals surface area contributed by atoms with E-state index in [9.17, 15) is 0 Å². The Morgan fingerprint density at radius 2 is 0.939 bits per heavy atom. The first-order chi connectivity index (χ1) is 15.2. The molecule has 0 aliphatic rings. The van der Waals surface area contributed by atoms with E-state index in [1.807, 2.05) is 0 Å². The summed E-state index contributed by atoms with van der Waals surface area (Å²) < 4.78 is 18.3. The van der Waals surface area contributed by atoms with Crippen molar-refractivity contribution in [3.05, 3.63) is 0 Å². The second-order valence-corrected chi connectivity index (χ2v) is 6.78. The summed E-state index contributed by atoms with van der Waals surface area (Å²) in [5, 5.41) is 38.0. The van der Waals surface area contributed by atoms with Crippen LogP contribution in [-0.4, -0.2) is 70.5 Å².